The lowest BCUT2D eigenvalue weighted by molar-refractivity contribution is -0.132. The van der Waals surface area contributed by atoms with Gasteiger partial charge in [-0.2, -0.15) is 0 Å². The van der Waals surface area contributed by atoms with Crippen molar-refractivity contribution in [3.8, 4) is 16.3 Å². The second kappa shape index (κ2) is 8.57. The first-order valence-electron chi connectivity index (χ1n) is 9.67. The molecule has 1 aromatic heterocycles. The lowest BCUT2D eigenvalue weighted by Crippen LogP contribution is -2.35. The lowest BCUT2D eigenvalue weighted by atomic mass is 10.1. The van der Waals surface area contributed by atoms with Crippen molar-refractivity contribution in [3.63, 3.8) is 0 Å². The van der Waals surface area contributed by atoms with Crippen LogP contribution in [0.4, 0.5) is 0 Å². The fraction of sp³-hybridized carbons (Fsp3) is 0.304. The number of rotatable bonds is 6. The smallest absolute Gasteiger partial charge is 0.222 e. The van der Waals surface area contributed by atoms with Gasteiger partial charge < -0.3 is 9.64 Å². The van der Waals surface area contributed by atoms with Crippen molar-refractivity contribution in [3.05, 3.63) is 70.7 Å². The molecule has 144 valence electrons. The molecule has 28 heavy (non-hydrogen) atoms. The Morgan fingerprint density at radius 3 is 2.68 bits per heavy atom. The van der Waals surface area contributed by atoms with Crippen LogP contribution in [-0.4, -0.2) is 29.4 Å². The van der Waals surface area contributed by atoms with E-state index in [1.165, 1.54) is 10.4 Å². The van der Waals surface area contributed by atoms with Crippen LogP contribution in [0.3, 0.4) is 0 Å². The van der Waals surface area contributed by atoms with Gasteiger partial charge in [0, 0.05) is 29.8 Å². The predicted octanol–water partition coefficient (Wildman–Crippen LogP) is 4.73. The highest BCUT2D eigenvalue weighted by molar-refractivity contribution is 7.15. The maximum absolute atomic E-state index is 12.6. The molecule has 0 fully saturated rings. The van der Waals surface area contributed by atoms with Gasteiger partial charge in [0.2, 0.25) is 5.91 Å². The number of carbonyl (C=O) groups excluding carboxylic acids is 1. The second-order valence-corrected chi connectivity index (χ2v) is 8.11. The number of hydrogen-bond donors (Lipinski definition) is 0. The third-order valence-electron chi connectivity index (χ3n) is 5.12. The van der Waals surface area contributed by atoms with E-state index in [1.807, 2.05) is 47.4 Å². The Morgan fingerprint density at radius 1 is 1.14 bits per heavy atom. The highest BCUT2D eigenvalue weighted by Crippen LogP contribution is 2.32. The van der Waals surface area contributed by atoms with Gasteiger partial charge in [-0.15, -0.1) is 11.3 Å². The molecule has 1 amide bonds. The molecule has 4 nitrogen and oxygen atoms in total. The number of fused-ring (bicyclic) bond motifs is 1. The third kappa shape index (κ3) is 4.25. The molecule has 5 heteroatoms. The van der Waals surface area contributed by atoms with Crippen LogP contribution < -0.4 is 4.74 Å². The number of ether oxygens (including phenoxy) is 1. The predicted molar refractivity (Wildman–Crippen MR) is 113 cm³/mol. The minimum atomic E-state index is 0.251. The molecule has 0 N–H and O–H groups in total. The van der Waals surface area contributed by atoms with Crippen LogP contribution in [0.5, 0.6) is 5.75 Å². The van der Waals surface area contributed by atoms with E-state index in [9.17, 15) is 4.79 Å². The quantitative estimate of drug-likeness (QED) is 0.609. The molecule has 2 heterocycles. The minimum Gasteiger partial charge on any atom is -0.497 e. The molecule has 0 saturated carbocycles. The van der Waals surface area contributed by atoms with Gasteiger partial charge >= 0.3 is 0 Å². The maximum atomic E-state index is 12.6. The summed E-state index contributed by atoms with van der Waals surface area (Å²) >= 11 is 1.70. The number of amides is 1. The normalized spacial score (nSPS) is 13.2. The molecule has 0 unspecified atom stereocenters. The molecular weight excluding hydrogens is 368 g/mol. The lowest BCUT2D eigenvalue weighted by Gasteiger charge is -2.26. The van der Waals surface area contributed by atoms with E-state index >= 15 is 0 Å². The number of aryl methyl sites for hydroxylation is 1. The zero-order valence-electron chi connectivity index (χ0n) is 16.1. The van der Waals surface area contributed by atoms with E-state index in [0.29, 0.717) is 13.0 Å². The van der Waals surface area contributed by atoms with Crippen molar-refractivity contribution < 1.29 is 9.53 Å². The van der Waals surface area contributed by atoms with E-state index in [4.69, 9.17) is 9.72 Å². The Hall–Kier alpha value is -2.66. The molecular formula is C23H24N2O2S. The number of carbonyl (C=O) groups is 1. The van der Waals surface area contributed by atoms with Crippen LogP contribution >= 0.6 is 11.3 Å². The Labute approximate surface area is 169 Å². The number of benzene rings is 2. The van der Waals surface area contributed by atoms with E-state index in [-0.39, 0.29) is 5.91 Å². The molecule has 0 radical (unpaired) electrons. The van der Waals surface area contributed by atoms with Crippen LogP contribution in [0.15, 0.2) is 54.6 Å². The van der Waals surface area contributed by atoms with Crippen molar-refractivity contribution in [2.45, 2.75) is 32.2 Å². The number of aromatic nitrogens is 1. The van der Waals surface area contributed by atoms with E-state index < -0.39 is 0 Å². The van der Waals surface area contributed by atoms with Gasteiger partial charge in [0.05, 0.1) is 19.3 Å². The number of nitrogens with zero attached hydrogens (tertiary/aromatic N) is 2. The van der Waals surface area contributed by atoms with Crippen molar-refractivity contribution in [1.29, 1.82) is 0 Å². The SMILES string of the molecule is COc1ccc(-c2nc3c(s2)CN(C(=O)CCCc2ccccc2)CC3)cc1. The summed E-state index contributed by atoms with van der Waals surface area (Å²) in [4.78, 5) is 20.7. The fourth-order valence-corrected chi connectivity index (χ4v) is 4.64. The fourth-order valence-electron chi connectivity index (χ4n) is 3.51. The first-order valence-corrected chi connectivity index (χ1v) is 10.5. The summed E-state index contributed by atoms with van der Waals surface area (Å²) in [6.07, 6.45) is 3.29. The van der Waals surface area contributed by atoms with Gasteiger partial charge in [-0.05, 0) is 42.7 Å². The summed E-state index contributed by atoms with van der Waals surface area (Å²) in [5, 5.41) is 1.02. The summed E-state index contributed by atoms with van der Waals surface area (Å²) in [6, 6.07) is 18.4. The molecule has 4 rings (SSSR count). The van der Waals surface area contributed by atoms with Crippen molar-refractivity contribution in [2.75, 3.05) is 13.7 Å². The number of thiazole rings is 1. The highest BCUT2D eigenvalue weighted by atomic mass is 32.1. The summed E-state index contributed by atoms with van der Waals surface area (Å²) in [7, 11) is 1.67. The van der Waals surface area contributed by atoms with Crippen molar-refractivity contribution in [2.24, 2.45) is 0 Å². The molecule has 3 aromatic rings. The molecule has 0 spiro atoms. The maximum Gasteiger partial charge on any atom is 0.222 e. The average Bonchev–Trinajstić information content (AvgIpc) is 3.18. The van der Waals surface area contributed by atoms with Crippen LogP contribution in [-0.2, 0) is 24.2 Å². The standard InChI is InChI=1S/C23H24N2O2S/c1-27-19-12-10-18(11-13-19)23-24-20-14-15-25(16-21(20)28-23)22(26)9-5-8-17-6-3-2-4-7-17/h2-4,6-7,10-13H,5,8-9,14-16H2,1H3. The third-order valence-corrected chi connectivity index (χ3v) is 6.25. The monoisotopic (exact) mass is 392 g/mol. The number of methoxy groups -OCH3 is 1. The molecule has 0 aliphatic carbocycles. The van der Waals surface area contributed by atoms with Crippen LogP contribution in [0, 0.1) is 0 Å². The van der Waals surface area contributed by atoms with Crippen molar-refractivity contribution in [1.82, 2.24) is 9.88 Å². The Kier molecular flexibility index (Phi) is 5.72. The zero-order chi connectivity index (χ0) is 19.3. The average molecular weight is 393 g/mol. The van der Waals surface area contributed by atoms with Crippen molar-refractivity contribution >= 4 is 17.2 Å². The first-order chi connectivity index (χ1) is 13.7. The molecule has 2 aromatic carbocycles. The van der Waals surface area contributed by atoms with Crippen LogP contribution in [0.2, 0.25) is 0 Å². The summed E-state index contributed by atoms with van der Waals surface area (Å²) in [6.45, 7) is 1.45. The van der Waals surface area contributed by atoms with Gasteiger partial charge in [0.15, 0.2) is 0 Å². The Morgan fingerprint density at radius 2 is 1.93 bits per heavy atom. The summed E-state index contributed by atoms with van der Waals surface area (Å²) < 4.78 is 5.23. The van der Waals surface area contributed by atoms with E-state index in [1.54, 1.807) is 18.4 Å². The van der Waals surface area contributed by atoms with Crippen LogP contribution in [0.1, 0.15) is 29.0 Å². The van der Waals surface area contributed by atoms with Gasteiger partial charge in [-0.25, -0.2) is 4.98 Å². The highest BCUT2D eigenvalue weighted by Gasteiger charge is 2.24. The number of hydrogen-bond acceptors (Lipinski definition) is 4. The topological polar surface area (TPSA) is 42.4 Å². The second-order valence-electron chi connectivity index (χ2n) is 7.02. The molecule has 1 aliphatic rings. The van der Waals surface area contributed by atoms with Crippen LogP contribution in [0.25, 0.3) is 10.6 Å². The molecule has 0 atom stereocenters. The van der Waals surface area contributed by atoms with Gasteiger partial charge in [-0.3, -0.25) is 4.79 Å². The van der Waals surface area contributed by atoms with Gasteiger partial charge in [0.25, 0.3) is 0 Å². The van der Waals surface area contributed by atoms with E-state index in [0.717, 1.165) is 47.8 Å². The van der Waals surface area contributed by atoms with Gasteiger partial charge in [-0.1, -0.05) is 30.3 Å². The molecule has 0 saturated heterocycles. The Balaban J connectivity index is 1.36. The molecule has 1 aliphatic heterocycles. The largest absolute Gasteiger partial charge is 0.497 e. The first kappa shape index (κ1) is 18.7. The minimum absolute atomic E-state index is 0.251. The zero-order valence-corrected chi connectivity index (χ0v) is 16.9. The Bertz CT molecular complexity index is 935. The molecule has 0 bridgehead atoms. The summed E-state index contributed by atoms with van der Waals surface area (Å²) in [5.74, 6) is 1.10. The van der Waals surface area contributed by atoms with Gasteiger partial charge in [0.1, 0.15) is 10.8 Å². The van der Waals surface area contributed by atoms with E-state index in [2.05, 4.69) is 12.1 Å². The summed E-state index contributed by atoms with van der Waals surface area (Å²) in [5.41, 5.74) is 3.54.